The molecule has 102 valence electrons. The quantitative estimate of drug-likeness (QED) is 0.785. The predicted octanol–water partition coefficient (Wildman–Crippen LogP) is 0.916. The van der Waals surface area contributed by atoms with Gasteiger partial charge in [-0.25, -0.2) is 0 Å². The van der Waals surface area contributed by atoms with Crippen molar-refractivity contribution in [1.82, 2.24) is 10.6 Å². The van der Waals surface area contributed by atoms with E-state index in [1.54, 1.807) is 0 Å². The van der Waals surface area contributed by atoms with Gasteiger partial charge in [0.05, 0.1) is 6.61 Å². The van der Waals surface area contributed by atoms with Gasteiger partial charge in [-0.15, -0.1) is 0 Å². The van der Waals surface area contributed by atoms with Crippen LogP contribution in [-0.2, 0) is 9.53 Å². The lowest BCUT2D eigenvalue weighted by atomic mass is 9.84. The second-order valence-corrected chi connectivity index (χ2v) is 6.20. The third-order valence-corrected chi connectivity index (χ3v) is 5.02. The van der Waals surface area contributed by atoms with Gasteiger partial charge in [0.15, 0.2) is 0 Å². The number of ether oxygens (including phenoxy) is 1. The summed E-state index contributed by atoms with van der Waals surface area (Å²) in [6.45, 7) is 4.31. The van der Waals surface area contributed by atoms with Crippen LogP contribution in [0.25, 0.3) is 0 Å². The highest BCUT2D eigenvalue weighted by atomic mass is 16.5. The molecule has 3 fully saturated rings. The molecule has 4 heteroatoms. The summed E-state index contributed by atoms with van der Waals surface area (Å²) in [7, 11) is 0. The summed E-state index contributed by atoms with van der Waals surface area (Å²) in [6.07, 6.45) is 5.20. The molecule has 2 bridgehead atoms. The Bertz CT molecular complexity index is 315. The van der Waals surface area contributed by atoms with Crippen LogP contribution in [0.4, 0.5) is 0 Å². The Hall–Kier alpha value is -0.610. The summed E-state index contributed by atoms with van der Waals surface area (Å²) in [5.74, 6) is 2.56. The molecule has 18 heavy (non-hydrogen) atoms. The van der Waals surface area contributed by atoms with Crippen molar-refractivity contribution in [2.75, 3.05) is 19.7 Å². The van der Waals surface area contributed by atoms with E-state index in [1.807, 2.05) is 0 Å². The third-order valence-electron chi connectivity index (χ3n) is 5.02. The summed E-state index contributed by atoms with van der Waals surface area (Å²) >= 11 is 0. The summed E-state index contributed by atoms with van der Waals surface area (Å²) in [5.41, 5.74) is 0. The molecule has 3 rings (SSSR count). The number of hydrogen-bond acceptors (Lipinski definition) is 3. The van der Waals surface area contributed by atoms with Gasteiger partial charge in [-0.2, -0.15) is 0 Å². The SMILES string of the molecule is CC(NC(=O)C1CNCCO1)C1CC2CCC1C2. The maximum atomic E-state index is 12.1. The van der Waals surface area contributed by atoms with Gasteiger partial charge in [-0.1, -0.05) is 6.42 Å². The van der Waals surface area contributed by atoms with Crippen LogP contribution >= 0.6 is 0 Å². The minimum absolute atomic E-state index is 0.0671. The molecular weight excluding hydrogens is 228 g/mol. The molecule has 1 amide bonds. The van der Waals surface area contributed by atoms with Crippen LogP contribution in [0.1, 0.15) is 32.6 Å². The largest absolute Gasteiger partial charge is 0.366 e. The average molecular weight is 252 g/mol. The Morgan fingerprint density at radius 3 is 2.89 bits per heavy atom. The zero-order valence-corrected chi connectivity index (χ0v) is 11.2. The van der Waals surface area contributed by atoms with Crippen molar-refractivity contribution >= 4 is 5.91 Å². The van der Waals surface area contributed by atoms with Gasteiger partial charge in [0.25, 0.3) is 5.91 Å². The monoisotopic (exact) mass is 252 g/mol. The average Bonchev–Trinajstić information content (AvgIpc) is 3.02. The number of carbonyl (C=O) groups excluding carboxylic acids is 1. The number of rotatable bonds is 3. The van der Waals surface area contributed by atoms with Gasteiger partial charge < -0.3 is 15.4 Å². The minimum Gasteiger partial charge on any atom is -0.366 e. The van der Waals surface area contributed by atoms with E-state index in [1.165, 1.54) is 25.7 Å². The van der Waals surface area contributed by atoms with Gasteiger partial charge in [0.2, 0.25) is 0 Å². The standard InChI is InChI=1S/C14H24N2O2/c1-9(12-7-10-2-3-11(12)6-10)16-14(17)13-8-15-4-5-18-13/h9-13,15H,2-8H2,1H3,(H,16,17). The molecule has 0 aromatic carbocycles. The number of fused-ring (bicyclic) bond motifs is 2. The minimum atomic E-state index is -0.292. The van der Waals surface area contributed by atoms with E-state index in [0.29, 0.717) is 25.1 Å². The first kappa shape index (κ1) is 12.4. The molecule has 1 saturated heterocycles. The van der Waals surface area contributed by atoms with Crippen molar-refractivity contribution in [1.29, 1.82) is 0 Å². The molecule has 5 atom stereocenters. The lowest BCUT2D eigenvalue weighted by molar-refractivity contribution is -0.135. The lowest BCUT2D eigenvalue weighted by Gasteiger charge is -2.30. The van der Waals surface area contributed by atoms with E-state index >= 15 is 0 Å². The molecule has 0 aromatic rings. The van der Waals surface area contributed by atoms with Crippen LogP contribution in [0.3, 0.4) is 0 Å². The number of hydrogen-bond donors (Lipinski definition) is 2. The molecule has 2 N–H and O–H groups in total. The molecule has 0 spiro atoms. The highest BCUT2D eigenvalue weighted by molar-refractivity contribution is 5.81. The Labute approximate surface area is 109 Å². The lowest BCUT2D eigenvalue weighted by Crippen LogP contribution is -2.51. The topological polar surface area (TPSA) is 50.4 Å². The van der Waals surface area contributed by atoms with Crippen molar-refractivity contribution in [2.24, 2.45) is 17.8 Å². The zero-order chi connectivity index (χ0) is 12.5. The Morgan fingerprint density at radius 2 is 2.28 bits per heavy atom. The Balaban J connectivity index is 1.51. The van der Waals surface area contributed by atoms with Crippen LogP contribution in [0, 0.1) is 17.8 Å². The molecule has 2 aliphatic carbocycles. The summed E-state index contributed by atoms with van der Waals surface area (Å²) in [5, 5.41) is 6.37. The molecular formula is C14H24N2O2. The molecule has 4 nitrogen and oxygen atoms in total. The molecule has 3 aliphatic rings. The maximum Gasteiger partial charge on any atom is 0.250 e. The van der Waals surface area contributed by atoms with Crippen LogP contribution in [0.15, 0.2) is 0 Å². The fourth-order valence-corrected chi connectivity index (χ4v) is 4.06. The van der Waals surface area contributed by atoms with Crippen molar-refractivity contribution in [2.45, 2.75) is 44.8 Å². The first-order valence-corrected chi connectivity index (χ1v) is 7.36. The van der Waals surface area contributed by atoms with Crippen molar-refractivity contribution in [3.8, 4) is 0 Å². The van der Waals surface area contributed by atoms with E-state index in [0.717, 1.165) is 18.4 Å². The van der Waals surface area contributed by atoms with E-state index in [9.17, 15) is 4.79 Å². The maximum absolute atomic E-state index is 12.1. The fourth-order valence-electron chi connectivity index (χ4n) is 4.06. The zero-order valence-electron chi connectivity index (χ0n) is 11.2. The fraction of sp³-hybridized carbons (Fsp3) is 0.929. The third kappa shape index (κ3) is 2.41. The molecule has 1 heterocycles. The summed E-state index contributed by atoms with van der Waals surface area (Å²) in [6, 6.07) is 0.304. The van der Waals surface area contributed by atoms with Gasteiger partial charge in [-0.05, 0) is 43.9 Å². The second kappa shape index (κ2) is 5.17. The van der Waals surface area contributed by atoms with Crippen LogP contribution in [0.5, 0.6) is 0 Å². The first-order chi connectivity index (χ1) is 8.74. The second-order valence-electron chi connectivity index (χ2n) is 6.20. The molecule has 0 aromatic heterocycles. The van der Waals surface area contributed by atoms with E-state index in [-0.39, 0.29) is 12.0 Å². The van der Waals surface area contributed by atoms with Gasteiger partial charge in [0, 0.05) is 19.1 Å². The van der Waals surface area contributed by atoms with Crippen molar-refractivity contribution in [3.63, 3.8) is 0 Å². The molecule has 5 unspecified atom stereocenters. The summed E-state index contributed by atoms with van der Waals surface area (Å²) < 4.78 is 5.49. The smallest absolute Gasteiger partial charge is 0.250 e. The van der Waals surface area contributed by atoms with Crippen LogP contribution < -0.4 is 10.6 Å². The Kier molecular flexibility index (Phi) is 3.57. The number of morpholine rings is 1. The van der Waals surface area contributed by atoms with Crippen molar-refractivity contribution in [3.05, 3.63) is 0 Å². The van der Waals surface area contributed by atoms with E-state index < -0.39 is 0 Å². The Morgan fingerprint density at radius 1 is 1.39 bits per heavy atom. The molecule has 0 radical (unpaired) electrons. The highest BCUT2D eigenvalue weighted by Gasteiger charge is 2.42. The van der Waals surface area contributed by atoms with Gasteiger partial charge >= 0.3 is 0 Å². The van der Waals surface area contributed by atoms with Crippen molar-refractivity contribution < 1.29 is 9.53 Å². The van der Waals surface area contributed by atoms with E-state index in [4.69, 9.17) is 4.74 Å². The molecule has 2 saturated carbocycles. The first-order valence-electron chi connectivity index (χ1n) is 7.36. The van der Waals surface area contributed by atoms with E-state index in [2.05, 4.69) is 17.6 Å². The predicted molar refractivity (Wildman–Crippen MR) is 69.2 cm³/mol. The number of nitrogens with one attached hydrogen (secondary N) is 2. The summed E-state index contributed by atoms with van der Waals surface area (Å²) in [4.78, 5) is 12.1. The molecule has 1 aliphatic heterocycles. The van der Waals surface area contributed by atoms with Crippen LogP contribution in [0.2, 0.25) is 0 Å². The van der Waals surface area contributed by atoms with Gasteiger partial charge in [-0.3, -0.25) is 4.79 Å². The van der Waals surface area contributed by atoms with Gasteiger partial charge in [0.1, 0.15) is 6.10 Å². The normalized spacial score (nSPS) is 40.7. The number of carbonyl (C=O) groups is 1. The highest BCUT2D eigenvalue weighted by Crippen LogP contribution is 2.49. The van der Waals surface area contributed by atoms with Crippen LogP contribution in [-0.4, -0.2) is 37.7 Å². The number of amides is 1.